The Morgan fingerprint density at radius 1 is 0.886 bits per heavy atom. The Morgan fingerprint density at radius 2 is 1.57 bits per heavy atom. The van der Waals surface area contributed by atoms with Gasteiger partial charge in [-0.05, 0) is 100 Å². The predicted molar refractivity (Wildman–Crippen MR) is 143 cm³/mol. The lowest BCUT2D eigenvalue weighted by atomic mass is 9.91. The van der Waals surface area contributed by atoms with Crippen LogP contribution in [0.5, 0.6) is 0 Å². The number of rotatable bonds is 5. The van der Waals surface area contributed by atoms with Gasteiger partial charge in [0, 0.05) is 28.2 Å². The molecule has 0 spiro atoms. The SMILES string of the molecule is Cc1cc(C)cc(NC(=O)c2ccc(Nc3nc(C4CCN(C)CC4)c4ccccc4n3)cc2)c1. The van der Waals surface area contributed by atoms with E-state index >= 15 is 0 Å². The molecule has 1 aromatic heterocycles. The number of piperidine rings is 1. The number of hydrogen-bond acceptors (Lipinski definition) is 5. The number of carbonyl (C=O) groups excluding carboxylic acids is 1. The molecule has 0 unspecified atom stereocenters. The van der Waals surface area contributed by atoms with Gasteiger partial charge in [0.05, 0.1) is 11.2 Å². The minimum Gasteiger partial charge on any atom is -0.324 e. The summed E-state index contributed by atoms with van der Waals surface area (Å²) in [7, 11) is 2.17. The van der Waals surface area contributed by atoms with E-state index < -0.39 is 0 Å². The summed E-state index contributed by atoms with van der Waals surface area (Å²) in [5, 5.41) is 7.47. The first-order valence-corrected chi connectivity index (χ1v) is 12.2. The van der Waals surface area contributed by atoms with Gasteiger partial charge in [0.15, 0.2) is 0 Å². The third kappa shape index (κ3) is 5.33. The lowest BCUT2D eigenvalue weighted by Crippen LogP contribution is -2.29. The van der Waals surface area contributed by atoms with Crippen LogP contribution in [0.2, 0.25) is 0 Å². The first kappa shape index (κ1) is 23.0. The van der Waals surface area contributed by atoms with E-state index in [0.717, 1.165) is 65.0 Å². The quantitative estimate of drug-likeness (QED) is 0.375. The summed E-state index contributed by atoms with van der Waals surface area (Å²) < 4.78 is 0. The molecule has 0 atom stereocenters. The van der Waals surface area contributed by atoms with Crippen molar-refractivity contribution in [3.8, 4) is 0 Å². The van der Waals surface area contributed by atoms with E-state index in [2.05, 4.69) is 40.8 Å². The summed E-state index contributed by atoms with van der Waals surface area (Å²) >= 11 is 0. The predicted octanol–water partition coefficient (Wildman–Crippen LogP) is 6.05. The van der Waals surface area contributed by atoms with E-state index in [4.69, 9.17) is 9.97 Å². The molecule has 0 radical (unpaired) electrons. The van der Waals surface area contributed by atoms with Crippen molar-refractivity contribution in [2.24, 2.45) is 0 Å². The number of aromatic nitrogens is 2. The number of nitrogens with zero attached hydrogens (tertiary/aromatic N) is 3. The average molecular weight is 466 g/mol. The molecule has 2 N–H and O–H groups in total. The van der Waals surface area contributed by atoms with Gasteiger partial charge >= 0.3 is 0 Å². The summed E-state index contributed by atoms with van der Waals surface area (Å²) in [6.07, 6.45) is 2.20. The Bertz CT molecular complexity index is 1340. The Morgan fingerprint density at radius 3 is 2.29 bits per heavy atom. The summed E-state index contributed by atoms with van der Waals surface area (Å²) in [4.78, 5) is 24.8. The fraction of sp³-hybridized carbons (Fsp3) is 0.276. The lowest BCUT2D eigenvalue weighted by Gasteiger charge is -2.29. The number of hydrogen-bond donors (Lipinski definition) is 2. The molecule has 1 aliphatic rings. The number of para-hydroxylation sites is 1. The Balaban J connectivity index is 1.35. The third-order valence-electron chi connectivity index (χ3n) is 6.62. The van der Waals surface area contributed by atoms with Crippen molar-refractivity contribution in [3.63, 3.8) is 0 Å². The number of amides is 1. The molecule has 1 fully saturated rings. The van der Waals surface area contributed by atoms with Crippen molar-refractivity contribution in [2.75, 3.05) is 30.8 Å². The van der Waals surface area contributed by atoms with Gasteiger partial charge < -0.3 is 15.5 Å². The first-order chi connectivity index (χ1) is 16.9. The number of likely N-dealkylation sites (tertiary alicyclic amines) is 1. The smallest absolute Gasteiger partial charge is 0.255 e. The fourth-order valence-corrected chi connectivity index (χ4v) is 4.83. The number of nitrogens with one attached hydrogen (secondary N) is 2. The second kappa shape index (κ2) is 9.84. The van der Waals surface area contributed by atoms with Crippen LogP contribution in [0.25, 0.3) is 10.9 Å². The molecule has 6 nitrogen and oxygen atoms in total. The number of carbonyl (C=O) groups is 1. The van der Waals surface area contributed by atoms with Crippen LogP contribution in [0.4, 0.5) is 17.3 Å². The minimum absolute atomic E-state index is 0.131. The van der Waals surface area contributed by atoms with Gasteiger partial charge in [-0.15, -0.1) is 0 Å². The van der Waals surface area contributed by atoms with Crippen LogP contribution in [-0.4, -0.2) is 40.9 Å². The molecular formula is C29H31N5O. The van der Waals surface area contributed by atoms with Crippen molar-refractivity contribution >= 4 is 34.1 Å². The van der Waals surface area contributed by atoms with Crippen molar-refractivity contribution in [2.45, 2.75) is 32.6 Å². The largest absolute Gasteiger partial charge is 0.324 e. The Hall–Kier alpha value is -3.77. The van der Waals surface area contributed by atoms with Crippen molar-refractivity contribution in [3.05, 3.63) is 89.1 Å². The molecule has 5 rings (SSSR count). The summed E-state index contributed by atoms with van der Waals surface area (Å²) in [6.45, 7) is 6.21. The summed E-state index contributed by atoms with van der Waals surface area (Å²) in [6, 6.07) is 21.7. The van der Waals surface area contributed by atoms with Crippen LogP contribution in [0.15, 0.2) is 66.7 Å². The Labute approximate surface area is 206 Å². The van der Waals surface area contributed by atoms with Crippen LogP contribution < -0.4 is 10.6 Å². The molecule has 6 heteroatoms. The van der Waals surface area contributed by atoms with E-state index in [1.165, 1.54) is 0 Å². The van der Waals surface area contributed by atoms with Crippen LogP contribution in [0.1, 0.15) is 45.9 Å². The molecule has 2 heterocycles. The second-order valence-electron chi connectivity index (χ2n) is 9.56. The first-order valence-electron chi connectivity index (χ1n) is 12.2. The highest BCUT2D eigenvalue weighted by atomic mass is 16.1. The molecule has 35 heavy (non-hydrogen) atoms. The van der Waals surface area contributed by atoms with Crippen LogP contribution in [-0.2, 0) is 0 Å². The third-order valence-corrected chi connectivity index (χ3v) is 6.62. The number of aryl methyl sites for hydroxylation is 2. The fourth-order valence-electron chi connectivity index (χ4n) is 4.83. The van der Waals surface area contributed by atoms with Gasteiger partial charge in [0.1, 0.15) is 0 Å². The van der Waals surface area contributed by atoms with E-state index in [9.17, 15) is 4.79 Å². The van der Waals surface area contributed by atoms with E-state index in [0.29, 0.717) is 17.4 Å². The van der Waals surface area contributed by atoms with Crippen LogP contribution >= 0.6 is 0 Å². The van der Waals surface area contributed by atoms with Crippen LogP contribution in [0.3, 0.4) is 0 Å². The maximum absolute atomic E-state index is 12.7. The zero-order valence-electron chi connectivity index (χ0n) is 20.5. The van der Waals surface area contributed by atoms with E-state index in [1.54, 1.807) is 0 Å². The van der Waals surface area contributed by atoms with Crippen LogP contribution in [0, 0.1) is 13.8 Å². The van der Waals surface area contributed by atoms with Gasteiger partial charge in [-0.3, -0.25) is 4.79 Å². The maximum Gasteiger partial charge on any atom is 0.255 e. The molecule has 0 saturated carbocycles. The molecular weight excluding hydrogens is 434 g/mol. The van der Waals surface area contributed by atoms with E-state index in [1.807, 2.05) is 62.4 Å². The standard InChI is InChI=1S/C29H31N5O/c1-19-16-20(2)18-24(17-19)30-28(35)22-8-10-23(11-9-22)31-29-32-26-7-5-4-6-25(26)27(33-29)21-12-14-34(3)15-13-21/h4-11,16-18,21H,12-15H2,1-3H3,(H,30,35)(H,31,32,33). The lowest BCUT2D eigenvalue weighted by molar-refractivity contribution is 0.102. The molecule has 0 aliphatic carbocycles. The van der Waals surface area contributed by atoms with Gasteiger partial charge in [-0.1, -0.05) is 24.3 Å². The molecule has 1 aliphatic heterocycles. The van der Waals surface area contributed by atoms with Crippen molar-refractivity contribution in [1.82, 2.24) is 14.9 Å². The van der Waals surface area contributed by atoms with Gasteiger partial charge in [-0.25, -0.2) is 9.97 Å². The molecule has 1 amide bonds. The number of anilines is 3. The zero-order valence-corrected chi connectivity index (χ0v) is 20.5. The van der Waals surface area contributed by atoms with Gasteiger partial charge in [-0.2, -0.15) is 0 Å². The van der Waals surface area contributed by atoms with E-state index in [-0.39, 0.29) is 5.91 Å². The molecule has 0 bridgehead atoms. The number of benzene rings is 3. The zero-order chi connectivity index (χ0) is 24.4. The normalized spacial score (nSPS) is 14.7. The molecule has 1 saturated heterocycles. The van der Waals surface area contributed by atoms with Crippen molar-refractivity contribution < 1.29 is 4.79 Å². The highest BCUT2D eigenvalue weighted by molar-refractivity contribution is 6.04. The monoisotopic (exact) mass is 465 g/mol. The highest BCUT2D eigenvalue weighted by Gasteiger charge is 2.22. The summed E-state index contributed by atoms with van der Waals surface area (Å²) in [5.41, 5.74) is 6.56. The molecule has 178 valence electrons. The highest BCUT2D eigenvalue weighted by Crippen LogP contribution is 2.32. The number of fused-ring (bicyclic) bond motifs is 1. The summed E-state index contributed by atoms with van der Waals surface area (Å²) in [5.74, 6) is 0.883. The average Bonchev–Trinajstić information content (AvgIpc) is 2.84. The van der Waals surface area contributed by atoms with Crippen molar-refractivity contribution in [1.29, 1.82) is 0 Å². The topological polar surface area (TPSA) is 70.2 Å². The van der Waals surface area contributed by atoms with Gasteiger partial charge in [0.2, 0.25) is 5.95 Å². The minimum atomic E-state index is -0.131. The maximum atomic E-state index is 12.7. The Kier molecular flexibility index (Phi) is 6.47. The second-order valence-corrected chi connectivity index (χ2v) is 9.56. The molecule has 4 aromatic rings. The molecule has 3 aromatic carbocycles. The van der Waals surface area contributed by atoms with Gasteiger partial charge in [0.25, 0.3) is 5.91 Å².